The Balaban J connectivity index is 4.11. The third kappa shape index (κ3) is 4.79. The first kappa shape index (κ1) is 11.0. The van der Waals surface area contributed by atoms with Crippen LogP contribution in [0.4, 0.5) is 0 Å². The Bertz CT molecular complexity index is 206. The lowest BCUT2D eigenvalue weighted by molar-refractivity contribution is -0.136. The van der Waals surface area contributed by atoms with Crippen molar-refractivity contribution in [3.05, 3.63) is 0 Å². The molecule has 0 N–H and O–H groups in total. The molecule has 0 aromatic rings. The van der Waals surface area contributed by atoms with Crippen LogP contribution in [0.2, 0.25) is 0 Å². The maximum Gasteiger partial charge on any atom is 0.384 e. The maximum absolute atomic E-state index is 10.8. The van der Waals surface area contributed by atoms with Crippen LogP contribution in [0.15, 0.2) is 0 Å². The average Bonchev–Trinajstić information content (AvgIpc) is 2.02. The van der Waals surface area contributed by atoms with Gasteiger partial charge < -0.3 is 4.74 Å². The first-order chi connectivity index (χ1) is 5.52. The Hall–Kier alpha value is -0.970. The number of carbonyl (C=O) groups is 1. The van der Waals surface area contributed by atoms with Gasteiger partial charge >= 0.3 is 5.97 Å². The van der Waals surface area contributed by atoms with Gasteiger partial charge in [0.1, 0.15) is 0 Å². The van der Waals surface area contributed by atoms with Gasteiger partial charge in [0.05, 0.1) is 6.61 Å². The van der Waals surface area contributed by atoms with E-state index in [0.29, 0.717) is 6.61 Å². The van der Waals surface area contributed by atoms with Crippen molar-refractivity contribution >= 4 is 5.97 Å². The van der Waals surface area contributed by atoms with Crippen LogP contribution in [-0.4, -0.2) is 12.6 Å². The Morgan fingerprint density at radius 2 is 2.00 bits per heavy atom. The zero-order valence-corrected chi connectivity index (χ0v) is 8.23. The summed E-state index contributed by atoms with van der Waals surface area (Å²) < 4.78 is 4.67. The van der Waals surface area contributed by atoms with Gasteiger partial charge in [-0.1, -0.05) is 12.8 Å². The van der Waals surface area contributed by atoms with Gasteiger partial charge in [-0.3, -0.25) is 0 Å². The average molecular weight is 168 g/mol. The number of ether oxygens (including phenoxy) is 1. The van der Waals surface area contributed by atoms with Crippen molar-refractivity contribution in [1.29, 1.82) is 0 Å². The molecular formula is C10H16O2. The number of esters is 1. The third-order valence-electron chi connectivity index (χ3n) is 1.66. The second-order valence-electron chi connectivity index (χ2n) is 3.21. The molecule has 0 saturated heterocycles. The molecule has 0 amide bonds. The van der Waals surface area contributed by atoms with Crippen LogP contribution in [0.25, 0.3) is 0 Å². The summed E-state index contributed by atoms with van der Waals surface area (Å²) in [5.74, 6) is 4.90. The van der Waals surface area contributed by atoms with Crippen LogP contribution in [-0.2, 0) is 9.53 Å². The van der Waals surface area contributed by atoms with Crippen molar-refractivity contribution in [3.63, 3.8) is 0 Å². The molecule has 68 valence electrons. The minimum absolute atomic E-state index is 0.0905. The molecule has 0 aliphatic heterocycles. The molecule has 0 spiro atoms. The molecule has 12 heavy (non-hydrogen) atoms. The maximum atomic E-state index is 10.8. The van der Waals surface area contributed by atoms with E-state index in [1.807, 2.05) is 20.8 Å². The van der Waals surface area contributed by atoms with E-state index >= 15 is 0 Å². The monoisotopic (exact) mass is 168 g/mol. The van der Waals surface area contributed by atoms with E-state index in [0.717, 1.165) is 6.42 Å². The number of carbonyl (C=O) groups excluding carboxylic acids is 1. The second-order valence-corrected chi connectivity index (χ2v) is 3.21. The molecule has 0 heterocycles. The summed E-state index contributed by atoms with van der Waals surface area (Å²) in [6.45, 7) is 8.20. The van der Waals surface area contributed by atoms with Gasteiger partial charge in [0, 0.05) is 11.3 Å². The minimum atomic E-state index is -0.431. The summed E-state index contributed by atoms with van der Waals surface area (Å²) in [7, 11) is 0. The fourth-order valence-corrected chi connectivity index (χ4v) is 0.476. The zero-order chi connectivity index (χ0) is 9.61. The van der Waals surface area contributed by atoms with Gasteiger partial charge in [-0.25, -0.2) is 4.79 Å². The smallest absolute Gasteiger partial charge is 0.384 e. The Labute approximate surface area is 74.3 Å². The molecular weight excluding hydrogens is 152 g/mol. The SMILES string of the molecule is CCOC(=O)C#CC(C)(C)CC. The molecule has 0 fully saturated rings. The van der Waals surface area contributed by atoms with E-state index in [1.54, 1.807) is 6.92 Å². The predicted octanol–water partition coefficient (Wildman–Crippen LogP) is 1.99. The van der Waals surface area contributed by atoms with E-state index in [1.165, 1.54) is 0 Å². The molecule has 2 heteroatoms. The second kappa shape index (κ2) is 4.82. The first-order valence-electron chi connectivity index (χ1n) is 4.21. The standard InChI is InChI=1S/C10H16O2/c1-5-10(3,4)8-7-9(11)12-6-2/h5-6H2,1-4H3. The summed E-state index contributed by atoms with van der Waals surface area (Å²) in [6.07, 6.45) is 0.930. The predicted molar refractivity (Wildman–Crippen MR) is 48.5 cm³/mol. The number of hydrogen-bond acceptors (Lipinski definition) is 2. The number of rotatable bonds is 2. The van der Waals surface area contributed by atoms with Crippen molar-refractivity contribution in [1.82, 2.24) is 0 Å². The van der Waals surface area contributed by atoms with E-state index < -0.39 is 5.97 Å². The molecule has 0 bridgehead atoms. The van der Waals surface area contributed by atoms with Crippen LogP contribution in [0.1, 0.15) is 34.1 Å². The lowest BCUT2D eigenvalue weighted by Crippen LogP contribution is -2.07. The summed E-state index contributed by atoms with van der Waals surface area (Å²) >= 11 is 0. The van der Waals surface area contributed by atoms with Gasteiger partial charge in [0.25, 0.3) is 0 Å². The molecule has 0 aromatic carbocycles. The quantitative estimate of drug-likeness (QED) is 0.358. The largest absolute Gasteiger partial charge is 0.456 e. The summed E-state index contributed by atoms with van der Waals surface area (Å²) in [4.78, 5) is 10.8. The topological polar surface area (TPSA) is 26.3 Å². The molecule has 0 atom stereocenters. The summed E-state index contributed by atoms with van der Waals surface area (Å²) in [5.41, 5.74) is -0.0905. The fraction of sp³-hybridized carbons (Fsp3) is 0.700. The van der Waals surface area contributed by atoms with Crippen LogP contribution in [0.5, 0.6) is 0 Å². The molecule has 0 unspecified atom stereocenters. The molecule has 0 saturated carbocycles. The lowest BCUT2D eigenvalue weighted by Gasteiger charge is -2.12. The minimum Gasteiger partial charge on any atom is -0.456 e. The van der Waals surface area contributed by atoms with Crippen LogP contribution in [0.3, 0.4) is 0 Å². The van der Waals surface area contributed by atoms with E-state index in [-0.39, 0.29) is 5.41 Å². The third-order valence-corrected chi connectivity index (χ3v) is 1.66. The van der Waals surface area contributed by atoms with Gasteiger partial charge in [-0.05, 0) is 27.2 Å². The van der Waals surface area contributed by atoms with Gasteiger partial charge in [-0.2, -0.15) is 0 Å². The summed E-state index contributed by atoms with van der Waals surface area (Å²) in [6, 6.07) is 0. The van der Waals surface area contributed by atoms with E-state index in [9.17, 15) is 4.79 Å². The molecule has 0 radical (unpaired) electrons. The van der Waals surface area contributed by atoms with Crippen molar-refractivity contribution in [2.24, 2.45) is 5.41 Å². The van der Waals surface area contributed by atoms with Crippen molar-refractivity contribution < 1.29 is 9.53 Å². The molecule has 0 aromatic heterocycles. The van der Waals surface area contributed by atoms with Gasteiger partial charge in [-0.15, -0.1) is 0 Å². The lowest BCUT2D eigenvalue weighted by atomic mass is 9.91. The highest BCUT2D eigenvalue weighted by Crippen LogP contribution is 2.17. The highest BCUT2D eigenvalue weighted by molar-refractivity contribution is 5.88. The summed E-state index contributed by atoms with van der Waals surface area (Å²) in [5, 5.41) is 0. The van der Waals surface area contributed by atoms with Gasteiger partial charge in [0.2, 0.25) is 0 Å². The number of hydrogen-bond donors (Lipinski definition) is 0. The highest BCUT2D eigenvalue weighted by atomic mass is 16.5. The van der Waals surface area contributed by atoms with E-state index in [2.05, 4.69) is 16.6 Å². The first-order valence-corrected chi connectivity index (χ1v) is 4.21. The Morgan fingerprint density at radius 1 is 1.42 bits per heavy atom. The van der Waals surface area contributed by atoms with Crippen LogP contribution < -0.4 is 0 Å². The van der Waals surface area contributed by atoms with Gasteiger partial charge in [0.15, 0.2) is 0 Å². The molecule has 0 aliphatic rings. The van der Waals surface area contributed by atoms with Crippen molar-refractivity contribution in [2.45, 2.75) is 34.1 Å². The molecule has 2 nitrogen and oxygen atoms in total. The van der Waals surface area contributed by atoms with Crippen molar-refractivity contribution in [3.8, 4) is 11.8 Å². The normalized spacial score (nSPS) is 10.0. The zero-order valence-electron chi connectivity index (χ0n) is 8.23. The Morgan fingerprint density at radius 3 is 2.42 bits per heavy atom. The highest BCUT2D eigenvalue weighted by Gasteiger charge is 2.10. The molecule has 0 aliphatic carbocycles. The molecule has 0 rings (SSSR count). The van der Waals surface area contributed by atoms with E-state index in [4.69, 9.17) is 0 Å². The van der Waals surface area contributed by atoms with Crippen LogP contribution >= 0.6 is 0 Å². The van der Waals surface area contributed by atoms with Crippen molar-refractivity contribution in [2.75, 3.05) is 6.61 Å². The van der Waals surface area contributed by atoms with Crippen LogP contribution in [0, 0.1) is 17.3 Å². The fourth-order valence-electron chi connectivity index (χ4n) is 0.476. The Kier molecular flexibility index (Phi) is 4.43.